The van der Waals surface area contributed by atoms with Crippen LogP contribution in [0.4, 0.5) is 0 Å². The second-order valence-electron chi connectivity index (χ2n) is 14.1. The SMILES string of the molecule is C=C(C)c1cc2c3cc(C(=C)C)c(B4OC(C)(C)C(C)(C)O4)cc3n(C(C)C)c2cc1B1OC(C)(C)C(C)(C)O1. The molecule has 0 radical (unpaired) electrons. The average Bonchev–Trinajstić information content (AvgIpc) is 3.33. The summed E-state index contributed by atoms with van der Waals surface area (Å²) in [6, 6.07) is 9.22. The highest BCUT2D eigenvalue weighted by atomic mass is 16.7. The first-order chi connectivity index (χ1) is 18.3. The zero-order valence-corrected chi connectivity index (χ0v) is 26.5. The van der Waals surface area contributed by atoms with Crippen LogP contribution in [0.5, 0.6) is 0 Å². The smallest absolute Gasteiger partial charge is 0.399 e. The van der Waals surface area contributed by atoms with Crippen molar-refractivity contribution in [1.29, 1.82) is 0 Å². The quantitative estimate of drug-likeness (QED) is 0.325. The van der Waals surface area contributed by atoms with E-state index in [9.17, 15) is 0 Å². The molecule has 1 aromatic heterocycles. The summed E-state index contributed by atoms with van der Waals surface area (Å²) < 4.78 is 28.5. The summed E-state index contributed by atoms with van der Waals surface area (Å²) in [6.45, 7) is 33.9. The summed E-state index contributed by atoms with van der Waals surface area (Å²) in [5.41, 5.74) is 6.63. The van der Waals surface area contributed by atoms with Gasteiger partial charge in [0.1, 0.15) is 0 Å². The Labute approximate surface area is 241 Å². The van der Waals surface area contributed by atoms with Crippen LogP contribution in [0.25, 0.3) is 33.0 Å². The maximum atomic E-state index is 6.52. The molecule has 2 saturated heterocycles. The van der Waals surface area contributed by atoms with E-state index >= 15 is 0 Å². The van der Waals surface area contributed by atoms with Crippen LogP contribution in [0, 0.1) is 0 Å². The molecule has 0 bridgehead atoms. The summed E-state index contributed by atoms with van der Waals surface area (Å²) in [6.07, 6.45) is 0. The van der Waals surface area contributed by atoms with E-state index in [2.05, 4.69) is 111 Å². The van der Waals surface area contributed by atoms with Crippen LogP contribution in [0.2, 0.25) is 0 Å². The Morgan fingerprint density at radius 1 is 0.625 bits per heavy atom. The number of rotatable bonds is 5. The molecule has 0 saturated carbocycles. The van der Waals surface area contributed by atoms with Crippen molar-refractivity contribution in [2.45, 2.75) is 112 Å². The first-order valence-electron chi connectivity index (χ1n) is 14.5. The molecule has 40 heavy (non-hydrogen) atoms. The molecule has 3 aromatic rings. The molecule has 7 heteroatoms. The molecule has 2 aromatic carbocycles. The number of allylic oxidation sites excluding steroid dienone is 2. The largest absolute Gasteiger partial charge is 0.495 e. The Balaban J connectivity index is 1.79. The van der Waals surface area contributed by atoms with E-state index in [4.69, 9.17) is 18.6 Å². The fourth-order valence-corrected chi connectivity index (χ4v) is 5.79. The van der Waals surface area contributed by atoms with Gasteiger partial charge in [0.25, 0.3) is 0 Å². The van der Waals surface area contributed by atoms with Crippen LogP contribution in [0.15, 0.2) is 37.4 Å². The lowest BCUT2D eigenvalue weighted by molar-refractivity contribution is 0.00578. The van der Waals surface area contributed by atoms with Gasteiger partial charge in [-0.15, -0.1) is 0 Å². The van der Waals surface area contributed by atoms with Crippen LogP contribution in [0.1, 0.15) is 100 Å². The van der Waals surface area contributed by atoms with Crippen LogP contribution in [0.3, 0.4) is 0 Å². The molecule has 0 spiro atoms. The molecule has 2 aliphatic rings. The van der Waals surface area contributed by atoms with Gasteiger partial charge in [-0.1, -0.05) is 24.3 Å². The molecule has 2 fully saturated rings. The van der Waals surface area contributed by atoms with Gasteiger partial charge >= 0.3 is 14.2 Å². The number of benzene rings is 2. The Kier molecular flexibility index (Phi) is 6.64. The summed E-state index contributed by atoms with van der Waals surface area (Å²) in [7, 11) is -0.961. The molecule has 212 valence electrons. The summed E-state index contributed by atoms with van der Waals surface area (Å²) >= 11 is 0. The third kappa shape index (κ3) is 4.32. The molecule has 0 atom stereocenters. The monoisotopic (exact) mass is 541 g/mol. The molecule has 3 heterocycles. The summed E-state index contributed by atoms with van der Waals surface area (Å²) in [5, 5.41) is 2.34. The highest BCUT2D eigenvalue weighted by Gasteiger charge is 2.53. The van der Waals surface area contributed by atoms with E-state index < -0.39 is 36.6 Å². The van der Waals surface area contributed by atoms with Gasteiger partial charge in [-0.05, 0) is 129 Å². The van der Waals surface area contributed by atoms with Crippen LogP contribution in [-0.4, -0.2) is 41.2 Å². The van der Waals surface area contributed by atoms with Gasteiger partial charge in [-0.2, -0.15) is 0 Å². The van der Waals surface area contributed by atoms with Crippen molar-refractivity contribution in [3.63, 3.8) is 0 Å². The van der Waals surface area contributed by atoms with Gasteiger partial charge in [0.05, 0.1) is 22.4 Å². The normalized spacial score (nSPS) is 21.2. The summed E-state index contributed by atoms with van der Waals surface area (Å²) in [4.78, 5) is 0. The van der Waals surface area contributed by atoms with E-state index in [1.807, 2.05) is 13.8 Å². The van der Waals surface area contributed by atoms with E-state index in [1.165, 1.54) is 10.8 Å². The number of hydrogen-bond donors (Lipinski definition) is 0. The Hall–Kier alpha value is -2.31. The number of aromatic nitrogens is 1. The minimum Gasteiger partial charge on any atom is -0.399 e. The molecular formula is C33H45B2NO4. The van der Waals surface area contributed by atoms with Crippen molar-refractivity contribution in [3.05, 3.63) is 48.6 Å². The second-order valence-corrected chi connectivity index (χ2v) is 14.1. The van der Waals surface area contributed by atoms with E-state index in [-0.39, 0.29) is 6.04 Å². The van der Waals surface area contributed by atoms with Crippen molar-refractivity contribution >= 4 is 58.1 Å². The second kappa shape index (κ2) is 9.09. The van der Waals surface area contributed by atoms with E-state index in [0.717, 1.165) is 44.2 Å². The lowest BCUT2D eigenvalue weighted by atomic mass is 9.73. The zero-order valence-electron chi connectivity index (χ0n) is 26.5. The van der Waals surface area contributed by atoms with Crippen molar-refractivity contribution in [2.75, 3.05) is 0 Å². The number of nitrogens with zero attached hydrogens (tertiary/aromatic N) is 1. The Morgan fingerprint density at radius 2 is 0.925 bits per heavy atom. The molecule has 0 amide bonds. The fourth-order valence-electron chi connectivity index (χ4n) is 5.79. The number of hydrogen-bond acceptors (Lipinski definition) is 4. The standard InChI is InChI=1S/C33H45B2NO4/c1-19(2)22-15-24-25-16-23(20(3)4)27(35-39-32(11,12)33(13,14)40-35)18-29(25)36(21(5)6)28(24)17-26(22)34-37-30(7,8)31(9,10)38-34/h15-18,21H,1,3H2,2,4-14H3. The average molecular weight is 541 g/mol. The Morgan fingerprint density at radius 3 is 1.18 bits per heavy atom. The molecule has 5 nitrogen and oxygen atoms in total. The predicted octanol–water partition coefficient (Wildman–Crippen LogP) is 7.04. The van der Waals surface area contributed by atoms with Gasteiger partial charge in [0.15, 0.2) is 0 Å². The minimum absolute atomic E-state index is 0.212. The molecule has 0 unspecified atom stereocenters. The third-order valence-corrected chi connectivity index (χ3v) is 9.60. The topological polar surface area (TPSA) is 41.9 Å². The number of fused-ring (bicyclic) bond motifs is 3. The maximum absolute atomic E-state index is 6.52. The van der Waals surface area contributed by atoms with Crippen LogP contribution < -0.4 is 10.9 Å². The predicted molar refractivity (Wildman–Crippen MR) is 171 cm³/mol. The lowest BCUT2D eigenvalue weighted by Gasteiger charge is -2.32. The van der Waals surface area contributed by atoms with Gasteiger partial charge in [-0.3, -0.25) is 0 Å². The van der Waals surface area contributed by atoms with Crippen LogP contribution >= 0.6 is 0 Å². The van der Waals surface area contributed by atoms with E-state index in [1.54, 1.807) is 0 Å². The van der Waals surface area contributed by atoms with Gasteiger partial charge in [0, 0.05) is 27.8 Å². The van der Waals surface area contributed by atoms with Gasteiger partial charge < -0.3 is 23.2 Å². The van der Waals surface area contributed by atoms with Crippen molar-refractivity contribution in [1.82, 2.24) is 4.57 Å². The summed E-state index contributed by atoms with van der Waals surface area (Å²) in [5.74, 6) is 0. The molecule has 0 aliphatic carbocycles. The van der Waals surface area contributed by atoms with Gasteiger partial charge in [-0.25, -0.2) is 0 Å². The van der Waals surface area contributed by atoms with Gasteiger partial charge in [0.2, 0.25) is 0 Å². The van der Waals surface area contributed by atoms with Crippen LogP contribution in [-0.2, 0) is 18.6 Å². The van der Waals surface area contributed by atoms with Crippen molar-refractivity contribution in [3.8, 4) is 0 Å². The fraction of sp³-hybridized carbons (Fsp3) is 0.515. The molecule has 0 N–H and O–H groups in total. The molecule has 2 aliphatic heterocycles. The maximum Gasteiger partial charge on any atom is 0.495 e. The van der Waals surface area contributed by atoms with E-state index in [0.29, 0.717) is 0 Å². The molecular weight excluding hydrogens is 496 g/mol. The van der Waals surface area contributed by atoms with Crippen molar-refractivity contribution < 1.29 is 18.6 Å². The lowest BCUT2D eigenvalue weighted by Crippen LogP contribution is -2.41. The molecule has 5 rings (SSSR count). The minimum atomic E-state index is -0.481. The Bertz CT molecular complexity index is 1420. The third-order valence-electron chi connectivity index (χ3n) is 9.60. The zero-order chi connectivity index (χ0) is 29.7. The highest BCUT2D eigenvalue weighted by molar-refractivity contribution is 6.64. The first kappa shape index (κ1) is 29.2. The van der Waals surface area contributed by atoms with Crippen molar-refractivity contribution in [2.24, 2.45) is 0 Å². The first-order valence-corrected chi connectivity index (χ1v) is 14.5. The highest BCUT2D eigenvalue weighted by Crippen LogP contribution is 2.41.